The van der Waals surface area contributed by atoms with E-state index in [9.17, 15) is 4.79 Å². The van der Waals surface area contributed by atoms with E-state index in [-0.39, 0.29) is 11.9 Å². The molecule has 0 amide bonds. The largest absolute Gasteiger partial charge is 0.465 e. The van der Waals surface area contributed by atoms with Crippen LogP contribution >= 0.6 is 0 Å². The summed E-state index contributed by atoms with van der Waals surface area (Å²) >= 11 is 0. The Morgan fingerprint density at radius 1 is 1.00 bits per heavy atom. The molecule has 0 fully saturated rings. The average molecular weight is 283 g/mol. The van der Waals surface area contributed by atoms with E-state index in [1.807, 2.05) is 67.6 Å². The van der Waals surface area contributed by atoms with Crippen LogP contribution in [0.4, 0.5) is 0 Å². The fourth-order valence-corrected chi connectivity index (χ4v) is 2.55. The van der Waals surface area contributed by atoms with Gasteiger partial charge in [-0.3, -0.25) is 4.79 Å². The Morgan fingerprint density at radius 2 is 1.48 bits per heavy atom. The predicted octanol–water partition coefficient (Wildman–Crippen LogP) is 2.97. The molecule has 0 aliphatic heterocycles. The van der Waals surface area contributed by atoms with E-state index in [0.717, 1.165) is 11.1 Å². The van der Waals surface area contributed by atoms with Gasteiger partial charge in [0, 0.05) is 5.92 Å². The van der Waals surface area contributed by atoms with E-state index in [0.29, 0.717) is 6.61 Å². The Bertz CT molecular complexity index is 514. The first kappa shape index (κ1) is 15.3. The van der Waals surface area contributed by atoms with Gasteiger partial charge in [0.1, 0.15) is 6.04 Å². The number of nitrogens with one attached hydrogen (secondary N) is 1. The number of ether oxygens (including phenoxy) is 1. The lowest BCUT2D eigenvalue weighted by molar-refractivity contribution is -0.145. The number of hydrogen-bond acceptors (Lipinski definition) is 3. The first-order chi connectivity index (χ1) is 10.3. The van der Waals surface area contributed by atoms with Crippen LogP contribution in [0.2, 0.25) is 0 Å². The smallest absolute Gasteiger partial charge is 0.324 e. The quantitative estimate of drug-likeness (QED) is 0.828. The Balaban J connectivity index is 2.43. The summed E-state index contributed by atoms with van der Waals surface area (Å²) in [5, 5.41) is 3.11. The number of carbonyl (C=O) groups excluding carboxylic acids is 1. The predicted molar refractivity (Wildman–Crippen MR) is 84.2 cm³/mol. The van der Waals surface area contributed by atoms with Gasteiger partial charge in [0.15, 0.2) is 0 Å². The van der Waals surface area contributed by atoms with Crippen molar-refractivity contribution in [3.63, 3.8) is 0 Å². The van der Waals surface area contributed by atoms with Gasteiger partial charge < -0.3 is 10.1 Å². The second-order valence-corrected chi connectivity index (χ2v) is 4.82. The van der Waals surface area contributed by atoms with Crippen LogP contribution in [0.15, 0.2) is 60.7 Å². The Kier molecular flexibility index (Phi) is 5.52. The molecule has 2 aromatic rings. The van der Waals surface area contributed by atoms with Crippen molar-refractivity contribution >= 4 is 5.97 Å². The van der Waals surface area contributed by atoms with Gasteiger partial charge in [0.05, 0.1) is 6.61 Å². The van der Waals surface area contributed by atoms with Crippen molar-refractivity contribution in [1.82, 2.24) is 5.32 Å². The zero-order valence-corrected chi connectivity index (χ0v) is 12.5. The van der Waals surface area contributed by atoms with Crippen molar-refractivity contribution in [2.45, 2.75) is 18.9 Å². The molecule has 21 heavy (non-hydrogen) atoms. The molecule has 0 aliphatic carbocycles. The number of esters is 1. The van der Waals surface area contributed by atoms with Gasteiger partial charge >= 0.3 is 5.97 Å². The second kappa shape index (κ2) is 7.60. The maximum Gasteiger partial charge on any atom is 0.324 e. The maximum absolute atomic E-state index is 12.3. The van der Waals surface area contributed by atoms with Crippen molar-refractivity contribution in [2.24, 2.45) is 0 Å². The van der Waals surface area contributed by atoms with Gasteiger partial charge in [-0.2, -0.15) is 0 Å². The zero-order valence-electron chi connectivity index (χ0n) is 12.5. The minimum Gasteiger partial charge on any atom is -0.465 e. The van der Waals surface area contributed by atoms with E-state index in [4.69, 9.17) is 4.74 Å². The first-order valence-corrected chi connectivity index (χ1v) is 7.21. The molecule has 3 nitrogen and oxygen atoms in total. The number of carbonyl (C=O) groups is 1. The number of benzene rings is 2. The molecule has 2 aromatic carbocycles. The summed E-state index contributed by atoms with van der Waals surface area (Å²) < 4.78 is 5.22. The van der Waals surface area contributed by atoms with Crippen molar-refractivity contribution in [3.05, 3.63) is 71.8 Å². The van der Waals surface area contributed by atoms with Gasteiger partial charge in [-0.25, -0.2) is 0 Å². The van der Waals surface area contributed by atoms with Gasteiger partial charge in [-0.15, -0.1) is 0 Å². The van der Waals surface area contributed by atoms with Crippen LogP contribution in [0.5, 0.6) is 0 Å². The summed E-state index contributed by atoms with van der Waals surface area (Å²) in [6.45, 7) is 2.21. The second-order valence-electron chi connectivity index (χ2n) is 4.82. The minimum absolute atomic E-state index is 0.0727. The van der Waals surface area contributed by atoms with Crippen molar-refractivity contribution in [3.8, 4) is 0 Å². The van der Waals surface area contributed by atoms with Crippen LogP contribution in [0.3, 0.4) is 0 Å². The molecule has 0 spiro atoms. The van der Waals surface area contributed by atoms with E-state index >= 15 is 0 Å². The summed E-state index contributed by atoms with van der Waals surface area (Å²) in [5.74, 6) is -0.297. The third-order valence-electron chi connectivity index (χ3n) is 3.50. The molecule has 0 aliphatic rings. The van der Waals surface area contributed by atoms with E-state index in [2.05, 4.69) is 5.32 Å². The SMILES string of the molecule is CCOC(=O)C(NC)C(c1ccccc1)c1ccccc1. The molecule has 0 heterocycles. The lowest BCUT2D eigenvalue weighted by Crippen LogP contribution is -2.41. The maximum atomic E-state index is 12.3. The third kappa shape index (κ3) is 3.70. The monoisotopic (exact) mass is 283 g/mol. The molecular weight excluding hydrogens is 262 g/mol. The first-order valence-electron chi connectivity index (χ1n) is 7.21. The van der Waals surface area contributed by atoms with Crippen LogP contribution in [-0.2, 0) is 9.53 Å². The van der Waals surface area contributed by atoms with Crippen LogP contribution in [-0.4, -0.2) is 25.7 Å². The zero-order chi connectivity index (χ0) is 15.1. The van der Waals surface area contributed by atoms with Crippen LogP contribution in [0.25, 0.3) is 0 Å². The normalized spacial score (nSPS) is 12.1. The fourth-order valence-electron chi connectivity index (χ4n) is 2.55. The molecule has 0 saturated carbocycles. The standard InChI is InChI=1S/C18H21NO2/c1-3-21-18(20)17(19-2)16(14-10-6-4-7-11-14)15-12-8-5-9-13-15/h4-13,16-17,19H,3H2,1-2H3. The lowest BCUT2D eigenvalue weighted by atomic mass is 9.85. The number of likely N-dealkylation sites (N-methyl/N-ethyl adjacent to an activating group) is 1. The molecule has 0 radical (unpaired) electrons. The summed E-state index contributed by atoms with van der Waals surface area (Å²) in [6.07, 6.45) is 0. The highest BCUT2D eigenvalue weighted by Crippen LogP contribution is 2.28. The molecule has 110 valence electrons. The highest BCUT2D eigenvalue weighted by atomic mass is 16.5. The summed E-state index contributed by atoms with van der Waals surface area (Å²) in [7, 11) is 1.79. The van der Waals surface area contributed by atoms with Crippen LogP contribution in [0, 0.1) is 0 Å². The molecule has 1 N–H and O–H groups in total. The molecule has 0 bridgehead atoms. The molecule has 3 heteroatoms. The molecule has 1 atom stereocenters. The highest BCUT2D eigenvalue weighted by Gasteiger charge is 2.30. The lowest BCUT2D eigenvalue weighted by Gasteiger charge is -2.26. The highest BCUT2D eigenvalue weighted by molar-refractivity contribution is 5.78. The Hall–Kier alpha value is -2.13. The molecule has 1 unspecified atom stereocenters. The van der Waals surface area contributed by atoms with E-state index in [1.165, 1.54) is 0 Å². The topological polar surface area (TPSA) is 38.3 Å². The van der Waals surface area contributed by atoms with Gasteiger partial charge in [-0.1, -0.05) is 60.7 Å². The Labute approximate surface area is 126 Å². The number of rotatable bonds is 6. The summed E-state index contributed by atoms with van der Waals surface area (Å²) in [4.78, 5) is 12.3. The molecule has 2 rings (SSSR count). The molecule has 0 aromatic heterocycles. The van der Waals surface area contributed by atoms with Crippen molar-refractivity contribution in [2.75, 3.05) is 13.7 Å². The molecule has 0 saturated heterocycles. The van der Waals surface area contributed by atoms with Gasteiger partial charge in [0.25, 0.3) is 0 Å². The van der Waals surface area contributed by atoms with Gasteiger partial charge in [0.2, 0.25) is 0 Å². The molecular formula is C18H21NO2. The van der Waals surface area contributed by atoms with Crippen LogP contribution < -0.4 is 5.32 Å². The number of hydrogen-bond donors (Lipinski definition) is 1. The fraction of sp³-hybridized carbons (Fsp3) is 0.278. The van der Waals surface area contributed by atoms with Crippen molar-refractivity contribution < 1.29 is 9.53 Å². The van der Waals surface area contributed by atoms with Gasteiger partial charge in [-0.05, 0) is 25.1 Å². The van der Waals surface area contributed by atoms with Crippen LogP contribution in [0.1, 0.15) is 24.0 Å². The summed E-state index contributed by atoms with van der Waals surface area (Å²) in [5.41, 5.74) is 2.19. The minimum atomic E-state index is -0.408. The third-order valence-corrected chi connectivity index (χ3v) is 3.50. The van der Waals surface area contributed by atoms with E-state index in [1.54, 1.807) is 7.05 Å². The Morgan fingerprint density at radius 3 is 1.86 bits per heavy atom. The summed E-state index contributed by atoms with van der Waals surface area (Å²) in [6, 6.07) is 19.7. The van der Waals surface area contributed by atoms with E-state index < -0.39 is 6.04 Å². The average Bonchev–Trinajstić information content (AvgIpc) is 2.54. The van der Waals surface area contributed by atoms with Crippen molar-refractivity contribution in [1.29, 1.82) is 0 Å².